The molecule has 3 heteroatoms. The van der Waals surface area contributed by atoms with Crippen LogP contribution >= 0.6 is 0 Å². The summed E-state index contributed by atoms with van der Waals surface area (Å²) in [5.41, 5.74) is 2.82. The van der Waals surface area contributed by atoms with Crippen LogP contribution in [-0.4, -0.2) is 25.0 Å². The minimum absolute atomic E-state index is 0.0202. The van der Waals surface area contributed by atoms with Crippen LogP contribution in [0, 0.1) is 0 Å². The fourth-order valence-corrected chi connectivity index (χ4v) is 2.11. The summed E-state index contributed by atoms with van der Waals surface area (Å²) in [6, 6.07) is 17.5. The van der Waals surface area contributed by atoms with Crippen LogP contribution in [0.5, 0.6) is 0 Å². The number of hydrogen-bond donors (Lipinski definition) is 0. The van der Waals surface area contributed by atoms with Crippen LogP contribution in [0.3, 0.4) is 0 Å². The van der Waals surface area contributed by atoms with Gasteiger partial charge in [0.25, 0.3) is 5.91 Å². The van der Waals surface area contributed by atoms with Gasteiger partial charge >= 0.3 is 0 Å². The average Bonchev–Trinajstić information content (AvgIpc) is 2.48. The smallest absolute Gasteiger partial charge is 0.253 e. The Hall–Kier alpha value is -2.13. The Morgan fingerprint density at radius 3 is 2.45 bits per heavy atom. The van der Waals surface area contributed by atoms with Gasteiger partial charge in [-0.15, -0.1) is 0 Å². The first-order chi connectivity index (χ1) is 9.70. The molecule has 0 spiro atoms. The summed E-state index contributed by atoms with van der Waals surface area (Å²) in [5, 5.41) is 0. The maximum atomic E-state index is 12.4. The zero-order valence-corrected chi connectivity index (χ0v) is 11.9. The highest BCUT2D eigenvalue weighted by atomic mass is 16.5. The zero-order chi connectivity index (χ0) is 14.4. The Morgan fingerprint density at radius 1 is 1.05 bits per heavy atom. The largest absolute Gasteiger partial charge is 0.380 e. The molecule has 20 heavy (non-hydrogen) atoms. The molecule has 0 aliphatic rings. The molecular formula is C17H19NO2. The molecule has 2 aromatic carbocycles. The number of hydrogen-bond acceptors (Lipinski definition) is 2. The van der Waals surface area contributed by atoms with Gasteiger partial charge in [-0.05, 0) is 23.3 Å². The van der Waals surface area contributed by atoms with Crippen molar-refractivity contribution < 1.29 is 9.53 Å². The lowest BCUT2D eigenvalue weighted by Crippen LogP contribution is -2.26. The third-order valence-corrected chi connectivity index (χ3v) is 3.09. The quantitative estimate of drug-likeness (QED) is 0.834. The van der Waals surface area contributed by atoms with Gasteiger partial charge in [0.15, 0.2) is 0 Å². The molecule has 104 valence electrons. The fourth-order valence-electron chi connectivity index (χ4n) is 2.11. The molecule has 0 saturated heterocycles. The lowest BCUT2D eigenvalue weighted by atomic mass is 10.1. The van der Waals surface area contributed by atoms with Crippen molar-refractivity contribution in [1.82, 2.24) is 4.90 Å². The van der Waals surface area contributed by atoms with Crippen LogP contribution in [0.15, 0.2) is 54.6 Å². The average molecular weight is 269 g/mol. The van der Waals surface area contributed by atoms with Crippen molar-refractivity contribution in [2.24, 2.45) is 0 Å². The number of benzene rings is 2. The summed E-state index contributed by atoms with van der Waals surface area (Å²) in [6.07, 6.45) is 0. The van der Waals surface area contributed by atoms with Crippen molar-refractivity contribution in [2.75, 3.05) is 14.2 Å². The van der Waals surface area contributed by atoms with Gasteiger partial charge in [0, 0.05) is 26.3 Å². The topological polar surface area (TPSA) is 29.5 Å². The van der Waals surface area contributed by atoms with E-state index in [1.165, 1.54) is 0 Å². The third kappa shape index (κ3) is 3.68. The summed E-state index contributed by atoms with van der Waals surface area (Å²) in [6.45, 7) is 1.12. The van der Waals surface area contributed by atoms with E-state index in [1.54, 1.807) is 12.0 Å². The van der Waals surface area contributed by atoms with Gasteiger partial charge in [0.05, 0.1) is 6.61 Å². The molecular weight excluding hydrogens is 250 g/mol. The molecule has 0 radical (unpaired) electrons. The number of ether oxygens (including phenoxy) is 1. The van der Waals surface area contributed by atoms with Crippen molar-refractivity contribution in [2.45, 2.75) is 13.2 Å². The van der Waals surface area contributed by atoms with Crippen molar-refractivity contribution in [3.63, 3.8) is 0 Å². The Balaban J connectivity index is 2.08. The maximum Gasteiger partial charge on any atom is 0.253 e. The predicted octanol–water partition coefficient (Wildman–Crippen LogP) is 3.11. The summed E-state index contributed by atoms with van der Waals surface area (Å²) in [5.74, 6) is 0.0202. The van der Waals surface area contributed by atoms with E-state index in [1.807, 2.05) is 61.6 Å². The maximum absolute atomic E-state index is 12.4. The molecule has 3 nitrogen and oxygen atoms in total. The second-order valence-corrected chi connectivity index (χ2v) is 4.78. The summed E-state index contributed by atoms with van der Waals surface area (Å²) in [7, 11) is 3.47. The molecule has 0 aromatic heterocycles. The number of carbonyl (C=O) groups is 1. The SMILES string of the molecule is COCc1cccc(C(=O)N(C)Cc2ccccc2)c1. The van der Waals surface area contributed by atoms with E-state index in [4.69, 9.17) is 4.74 Å². The highest BCUT2D eigenvalue weighted by Gasteiger charge is 2.12. The van der Waals surface area contributed by atoms with Gasteiger partial charge in [-0.2, -0.15) is 0 Å². The first-order valence-electron chi connectivity index (χ1n) is 6.58. The van der Waals surface area contributed by atoms with E-state index in [0.29, 0.717) is 18.7 Å². The Morgan fingerprint density at radius 2 is 1.75 bits per heavy atom. The van der Waals surface area contributed by atoms with Gasteiger partial charge < -0.3 is 9.64 Å². The number of nitrogens with zero attached hydrogens (tertiary/aromatic N) is 1. The van der Waals surface area contributed by atoms with Gasteiger partial charge in [-0.1, -0.05) is 42.5 Å². The molecule has 0 N–H and O–H groups in total. The number of rotatable bonds is 5. The summed E-state index contributed by atoms with van der Waals surface area (Å²) in [4.78, 5) is 14.1. The molecule has 1 amide bonds. The van der Waals surface area contributed by atoms with E-state index in [-0.39, 0.29) is 5.91 Å². The highest BCUT2D eigenvalue weighted by Crippen LogP contribution is 2.11. The molecule has 0 heterocycles. The van der Waals surface area contributed by atoms with E-state index in [2.05, 4.69) is 0 Å². The van der Waals surface area contributed by atoms with Gasteiger partial charge in [-0.25, -0.2) is 0 Å². The van der Waals surface area contributed by atoms with Crippen LogP contribution in [0.25, 0.3) is 0 Å². The number of amides is 1. The molecule has 2 rings (SSSR count). The summed E-state index contributed by atoms with van der Waals surface area (Å²) >= 11 is 0. The fraction of sp³-hybridized carbons (Fsp3) is 0.235. The van der Waals surface area contributed by atoms with Crippen LogP contribution in [0.2, 0.25) is 0 Å². The molecule has 0 aliphatic heterocycles. The Kier molecular flexibility index (Phi) is 4.91. The molecule has 0 atom stereocenters. The van der Waals surface area contributed by atoms with E-state index < -0.39 is 0 Å². The van der Waals surface area contributed by atoms with E-state index in [9.17, 15) is 4.79 Å². The van der Waals surface area contributed by atoms with Crippen LogP contribution in [0.4, 0.5) is 0 Å². The van der Waals surface area contributed by atoms with Crippen molar-refractivity contribution in [3.05, 3.63) is 71.3 Å². The Labute approximate surface area is 119 Å². The van der Waals surface area contributed by atoms with Crippen LogP contribution in [0.1, 0.15) is 21.5 Å². The van der Waals surface area contributed by atoms with Crippen LogP contribution in [-0.2, 0) is 17.9 Å². The third-order valence-electron chi connectivity index (χ3n) is 3.09. The zero-order valence-electron chi connectivity index (χ0n) is 11.9. The molecule has 0 fully saturated rings. The van der Waals surface area contributed by atoms with Gasteiger partial charge in [0.2, 0.25) is 0 Å². The molecule has 0 bridgehead atoms. The standard InChI is InChI=1S/C17H19NO2/c1-18(12-14-7-4-3-5-8-14)17(19)16-10-6-9-15(11-16)13-20-2/h3-11H,12-13H2,1-2H3. The normalized spacial score (nSPS) is 10.3. The number of methoxy groups -OCH3 is 1. The van der Waals surface area contributed by atoms with Crippen molar-refractivity contribution in [3.8, 4) is 0 Å². The molecule has 0 saturated carbocycles. The first-order valence-corrected chi connectivity index (χ1v) is 6.58. The minimum atomic E-state index is 0.0202. The van der Waals surface area contributed by atoms with Crippen LogP contribution < -0.4 is 0 Å². The first kappa shape index (κ1) is 14.3. The minimum Gasteiger partial charge on any atom is -0.380 e. The monoisotopic (exact) mass is 269 g/mol. The summed E-state index contributed by atoms with van der Waals surface area (Å²) < 4.78 is 5.09. The van der Waals surface area contributed by atoms with Crippen molar-refractivity contribution in [1.29, 1.82) is 0 Å². The van der Waals surface area contributed by atoms with E-state index >= 15 is 0 Å². The van der Waals surface area contributed by atoms with Crippen molar-refractivity contribution >= 4 is 5.91 Å². The lowest BCUT2D eigenvalue weighted by Gasteiger charge is -2.17. The number of carbonyl (C=O) groups excluding carboxylic acids is 1. The highest BCUT2D eigenvalue weighted by molar-refractivity contribution is 5.94. The second kappa shape index (κ2) is 6.87. The lowest BCUT2D eigenvalue weighted by molar-refractivity contribution is 0.0784. The molecule has 2 aromatic rings. The van der Waals surface area contributed by atoms with Gasteiger partial charge in [0.1, 0.15) is 0 Å². The Bertz CT molecular complexity index is 566. The molecule has 0 unspecified atom stereocenters. The predicted molar refractivity (Wildman–Crippen MR) is 79.4 cm³/mol. The molecule has 0 aliphatic carbocycles. The second-order valence-electron chi connectivity index (χ2n) is 4.78. The van der Waals surface area contributed by atoms with E-state index in [0.717, 1.165) is 11.1 Å². The van der Waals surface area contributed by atoms with Gasteiger partial charge in [-0.3, -0.25) is 4.79 Å².